The molecule has 4 rings (SSSR count). The van der Waals surface area contributed by atoms with Gasteiger partial charge in [0.15, 0.2) is 5.52 Å². The van der Waals surface area contributed by atoms with Crippen LogP contribution in [0, 0.1) is 0 Å². The first kappa shape index (κ1) is 12.0. The zero-order chi connectivity index (χ0) is 14.4. The first-order valence-electron chi connectivity index (χ1n) is 6.21. The molecule has 0 radical (unpaired) electrons. The lowest BCUT2D eigenvalue weighted by molar-refractivity contribution is 0.954. The third kappa shape index (κ3) is 1.73. The summed E-state index contributed by atoms with van der Waals surface area (Å²) in [6.07, 6.45) is 3.27. The molecule has 0 aliphatic heterocycles. The molecular weight excluding hydrogens is 290 g/mol. The van der Waals surface area contributed by atoms with Crippen LogP contribution in [0.2, 0.25) is 5.02 Å². The monoisotopic (exact) mass is 297 g/mol. The normalized spacial score (nSPS) is 11.3. The molecule has 21 heavy (non-hydrogen) atoms. The average Bonchev–Trinajstić information content (AvgIpc) is 2.98. The number of nitrogens with one attached hydrogen (secondary N) is 1. The van der Waals surface area contributed by atoms with Crippen molar-refractivity contribution in [1.82, 2.24) is 25.0 Å². The fraction of sp³-hybridized carbons (Fsp3) is 0. The Labute approximate surface area is 123 Å². The molecule has 0 fully saturated rings. The Hall–Kier alpha value is -2.73. The second kappa shape index (κ2) is 4.39. The molecule has 3 aromatic heterocycles. The number of halogens is 1. The fourth-order valence-corrected chi connectivity index (χ4v) is 2.58. The SMILES string of the molecule is O=c1c2n[nH]nc2c2ccc(Cl)cc2n1-c1cccnc1. The fourth-order valence-electron chi connectivity index (χ4n) is 2.42. The minimum Gasteiger partial charge on any atom is -0.273 e. The second-order valence-electron chi connectivity index (χ2n) is 4.53. The number of benzene rings is 1. The van der Waals surface area contributed by atoms with E-state index in [2.05, 4.69) is 20.4 Å². The van der Waals surface area contributed by atoms with Crippen molar-refractivity contribution in [2.75, 3.05) is 0 Å². The highest BCUT2D eigenvalue weighted by molar-refractivity contribution is 6.31. The van der Waals surface area contributed by atoms with Crippen LogP contribution in [0.25, 0.3) is 27.6 Å². The van der Waals surface area contributed by atoms with Gasteiger partial charge in [-0.2, -0.15) is 15.4 Å². The van der Waals surface area contributed by atoms with Crippen molar-refractivity contribution in [3.05, 3.63) is 58.1 Å². The molecule has 0 aliphatic rings. The van der Waals surface area contributed by atoms with Crippen molar-refractivity contribution in [3.8, 4) is 5.69 Å². The Bertz CT molecular complexity index is 1020. The van der Waals surface area contributed by atoms with Crippen LogP contribution in [0.3, 0.4) is 0 Å². The summed E-state index contributed by atoms with van der Waals surface area (Å²) >= 11 is 6.08. The van der Waals surface area contributed by atoms with Gasteiger partial charge in [-0.15, -0.1) is 0 Å². The van der Waals surface area contributed by atoms with Gasteiger partial charge < -0.3 is 0 Å². The highest BCUT2D eigenvalue weighted by Gasteiger charge is 2.15. The number of aromatic amines is 1. The molecule has 1 N–H and O–H groups in total. The molecule has 4 aromatic rings. The molecular formula is C14H8ClN5O. The van der Waals surface area contributed by atoms with E-state index in [4.69, 9.17) is 11.6 Å². The third-order valence-corrected chi connectivity index (χ3v) is 3.55. The molecule has 0 saturated carbocycles. The van der Waals surface area contributed by atoms with Crippen LogP contribution < -0.4 is 5.56 Å². The second-order valence-corrected chi connectivity index (χ2v) is 4.97. The molecule has 0 atom stereocenters. The summed E-state index contributed by atoms with van der Waals surface area (Å²) in [5.41, 5.74) is 1.88. The predicted octanol–water partition coefficient (Wildman–Crippen LogP) is 2.31. The van der Waals surface area contributed by atoms with E-state index >= 15 is 0 Å². The van der Waals surface area contributed by atoms with Crippen molar-refractivity contribution in [1.29, 1.82) is 0 Å². The number of hydrogen-bond acceptors (Lipinski definition) is 4. The lowest BCUT2D eigenvalue weighted by Gasteiger charge is -2.10. The van der Waals surface area contributed by atoms with E-state index in [-0.39, 0.29) is 11.1 Å². The maximum absolute atomic E-state index is 12.7. The lowest BCUT2D eigenvalue weighted by atomic mass is 10.1. The zero-order valence-electron chi connectivity index (χ0n) is 10.6. The van der Waals surface area contributed by atoms with Crippen LogP contribution in [-0.2, 0) is 0 Å². The van der Waals surface area contributed by atoms with Crippen molar-refractivity contribution in [3.63, 3.8) is 0 Å². The highest BCUT2D eigenvalue weighted by atomic mass is 35.5. The van der Waals surface area contributed by atoms with Crippen LogP contribution in [0.5, 0.6) is 0 Å². The smallest absolute Gasteiger partial charge is 0.273 e. The summed E-state index contributed by atoms with van der Waals surface area (Å²) in [5, 5.41) is 11.9. The Balaban J connectivity index is 2.28. The topological polar surface area (TPSA) is 76.5 Å². The summed E-state index contributed by atoms with van der Waals surface area (Å²) in [4.78, 5) is 16.7. The number of aromatic nitrogens is 5. The van der Waals surface area contributed by atoms with E-state index < -0.39 is 0 Å². The van der Waals surface area contributed by atoms with E-state index in [1.54, 1.807) is 41.2 Å². The molecule has 0 aliphatic carbocycles. The third-order valence-electron chi connectivity index (χ3n) is 3.31. The molecule has 102 valence electrons. The molecule has 1 aromatic carbocycles. The van der Waals surface area contributed by atoms with Gasteiger partial charge in [0.05, 0.1) is 17.4 Å². The van der Waals surface area contributed by atoms with Crippen molar-refractivity contribution in [2.24, 2.45) is 0 Å². The minimum atomic E-state index is -0.262. The van der Waals surface area contributed by atoms with Crippen LogP contribution in [-0.4, -0.2) is 25.0 Å². The van der Waals surface area contributed by atoms with Gasteiger partial charge in [-0.1, -0.05) is 11.6 Å². The van der Waals surface area contributed by atoms with Gasteiger partial charge in [0, 0.05) is 16.6 Å². The standard InChI is InChI=1S/C14H8ClN5O/c15-8-3-4-10-11(6-8)20(9-2-1-5-16-7-9)14(21)13-12(10)17-19-18-13/h1-7H,(H,17,18,19). The quantitative estimate of drug-likeness (QED) is 0.585. The van der Waals surface area contributed by atoms with Crippen LogP contribution >= 0.6 is 11.6 Å². The average molecular weight is 298 g/mol. The lowest BCUT2D eigenvalue weighted by Crippen LogP contribution is -2.19. The number of nitrogens with zero attached hydrogens (tertiary/aromatic N) is 4. The van der Waals surface area contributed by atoms with Crippen molar-refractivity contribution >= 4 is 33.5 Å². The Morgan fingerprint density at radius 3 is 2.81 bits per heavy atom. The van der Waals surface area contributed by atoms with Crippen molar-refractivity contribution < 1.29 is 0 Å². The summed E-state index contributed by atoms with van der Waals surface area (Å²) < 4.78 is 1.54. The van der Waals surface area contributed by atoms with E-state index in [9.17, 15) is 4.79 Å². The maximum Gasteiger partial charge on any atom is 0.285 e. The van der Waals surface area contributed by atoms with Crippen LogP contribution in [0.1, 0.15) is 0 Å². The summed E-state index contributed by atoms with van der Waals surface area (Å²) in [6, 6.07) is 8.90. The number of H-pyrrole nitrogens is 1. The molecule has 0 saturated heterocycles. The number of pyridine rings is 2. The summed E-state index contributed by atoms with van der Waals surface area (Å²) in [7, 11) is 0. The molecule has 3 heterocycles. The van der Waals surface area contributed by atoms with E-state index in [0.29, 0.717) is 21.7 Å². The molecule has 0 bridgehead atoms. The van der Waals surface area contributed by atoms with Gasteiger partial charge in [-0.05, 0) is 30.3 Å². The Kier molecular flexibility index (Phi) is 2.52. The Morgan fingerprint density at radius 2 is 2.00 bits per heavy atom. The largest absolute Gasteiger partial charge is 0.285 e. The molecule has 0 unspecified atom stereocenters. The van der Waals surface area contributed by atoms with Gasteiger partial charge in [0.25, 0.3) is 5.56 Å². The van der Waals surface area contributed by atoms with E-state index in [0.717, 1.165) is 5.39 Å². The summed E-state index contributed by atoms with van der Waals surface area (Å²) in [6.45, 7) is 0. The molecule has 0 spiro atoms. The first-order valence-corrected chi connectivity index (χ1v) is 6.58. The predicted molar refractivity (Wildman–Crippen MR) is 79.8 cm³/mol. The Morgan fingerprint density at radius 1 is 1.14 bits per heavy atom. The number of rotatable bonds is 1. The van der Waals surface area contributed by atoms with Gasteiger partial charge in [-0.25, -0.2) is 0 Å². The van der Waals surface area contributed by atoms with Gasteiger partial charge in [-0.3, -0.25) is 14.3 Å². The van der Waals surface area contributed by atoms with Crippen LogP contribution in [0.15, 0.2) is 47.5 Å². The van der Waals surface area contributed by atoms with Crippen LogP contribution in [0.4, 0.5) is 0 Å². The number of hydrogen-bond donors (Lipinski definition) is 1. The minimum absolute atomic E-state index is 0.262. The molecule has 0 amide bonds. The molecule has 7 heteroatoms. The maximum atomic E-state index is 12.7. The van der Waals surface area contributed by atoms with Crippen molar-refractivity contribution in [2.45, 2.75) is 0 Å². The van der Waals surface area contributed by atoms with Gasteiger partial charge >= 0.3 is 0 Å². The summed E-state index contributed by atoms with van der Waals surface area (Å²) in [5.74, 6) is 0. The highest BCUT2D eigenvalue weighted by Crippen LogP contribution is 2.25. The molecule has 6 nitrogen and oxygen atoms in total. The van der Waals surface area contributed by atoms with Gasteiger partial charge in [0.2, 0.25) is 0 Å². The first-order chi connectivity index (χ1) is 10.3. The van der Waals surface area contributed by atoms with E-state index in [1.165, 1.54) is 0 Å². The van der Waals surface area contributed by atoms with E-state index in [1.807, 2.05) is 6.07 Å². The zero-order valence-corrected chi connectivity index (χ0v) is 11.4. The number of fused-ring (bicyclic) bond motifs is 3. The van der Waals surface area contributed by atoms with Gasteiger partial charge in [0.1, 0.15) is 5.52 Å².